The zero-order valence-electron chi connectivity index (χ0n) is 21.2. The Hall–Kier alpha value is -3.56. The number of rotatable bonds is 10. The van der Waals surface area contributed by atoms with E-state index in [-0.39, 0.29) is 24.1 Å². The predicted octanol–water partition coefficient (Wildman–Crippen LogP) is 0.0537. The van der Waals surface area contributed by atoms with Crippen molar-refractivity contribution in [2.24, 2.45) is 0 Å². The highest BCUT2D eigenvalue weighted by atomic mass is 31.2. The number of nitrogens with two attached hydrogens (primary N) is 1. The Labute approximate surface area is 228 Å². The molecule has 0 bridgehead atoms. The number of nitrogen functional groups attached to an aromatic ring is 1. The highest BCUT2D eigenvalue weighted by Gasteiger charge is 2.45. The normalized spacial score (nSPS) is 28.6. The van der Waals surface area contributed by atoms with E-state index in [1.807, 2.05) is 30.3 Å². The van der Waals surface area contributed by atoms with Crippen molar-refractivity contribution in [1.29, 1.82) is 0 Å². The van der Waals surface area contributed by atoms with Gasteiger partial charge in [0.15, 0.2) is 12.0 Å². The number of hydrogen-bond acceptors (Lipinski definition) is 12. The lowest BCUT2D eigenvalue weighted by Gasteiger charge is -2.29. The molecule has 1 fully saturated rings. The van der Waals surface area contributed by atoms with E-state index in [4.69, 9.17) is 29.0 Å². The first-order chi connectivity index (χ1) is 19.0. The van der Waals surface area contributed by atoms with E-state index in [0.29, 0.717) is 0 Å². The van der Waals surface area contributed by atoms with Crippen LogP contribution in [0.4, 0.5) is 5.82 Å². The van der Waals surface area contributed by atoms with Crippen LogP contribution in [0.25, 0.3) is 0 Å². The molecule has 7 atom stereocenters. The summed E-state index contributed by atoms with van der Waals surface area (Å²) in [5, 5.41) is 23.3. The highest BCUT2D eigenvalue weighted by molar-refractivity contribution is 7.47. The Morgan fingerprint density at radius 1 is 1.25 bits per heavy atom. The largest absolute Gasteiger partial charge is 0.527 e. The van der Waals surface area contributed by atoms with Gasteiger partial charge in [-0.3, -0.25) is 18.8 Å². The molecule has 3 heterocycles. The van der Waals surface area contributed by atoms with E-state index in [0.717, 1.165) is 16.4 Å². The van der Waals surface area contributed by atoms with Crippen LogP contribution in [-0.2, 0) is 39.2 Å². The van der Waals surface area contributed by atoms with Crippen molar-refractivity contribution in [3.8, 4) is 0 Å². The first-order valence-corrected chi connectivity index (χ1v) is 13.5. The standard InChI is InChI=1S/C24H29N4O11P/c1-14(29)26-17-8-7-16(38-23(17)35-11-15-5-3-2-4-6-15)12-36-40(33,34)37-13-18-20(30)21(31)22(39-18)28-10-9-19(25)27-24(28)32/h2-10,12,17-18,20-23,30-31H,11,13H2,1H3,(H,26,29)(H,33,34)(H2,25,27,32)/b16-12+/t17-,18-,20-,21-,22-,23-/m1/s1. The van der Waals surface area contributed by atoms with Crippen molar-refractivity contribution >= 4 is 19.5 Å². The summed E-state index contributed by atoms with van der Waals surface area (Å²) in [4.78, 5) is 37.3. The number of allylic oxidation sites excluding steroid dienone is 1. The lowest BCUT2D eigenvalue weighted by atomic mass is 10.1. The Kier molecular flexibility index (Phi) is 9.37. The van der Waals surface area contributed by atoms with Gasteiger partial charge in [-0.05, 0) is 17.7 Å². The lowest BCUT2D eigenvalue weighted by molar-refractivity contribution is -0.144. The SMILES string of the molecule is CC(=O)N[C@@H]1C=C/C(=C\OP(=O)(O)OC[C@H]2O[C@@H](n3ccc(N)nc3=O)[C@H](O)[C@@H]2O)O[C@H]1OCc1ccccc1. The van der Waals surface area contributed by atoms with Gasteiger partial charge in [0.25, 0.3) is 0 Å². The number of nitrogens with zero attached hydrogens (tertiary/aromatic N) is 2. The molecular weight excluding hydrogens is 551 g/mol. The third-order valence-electron chi connectivity index (χ3n) is 5.81. The number of aliphatic hydroxyl groups is 2. The second-order valence-corrected chi connectivity index (χ2v) is 10.3. The number of hydrogen-bond donors (Lipinski definition) is 5. The van der Waals surface area contributed by atoms with Crippen LogP contribution < -0.4 is 16.7 Å². The van der Waals surface area contributed by atoms with Crippen LogP contribution in [0.15, 0.2) is 71.6 Å². The quantitative estimate of drug-likeness (QED) is 0.186. The van der Waals surface area contributed by atoms with Crippen molar-refractivity contribution < 1.29 is 47.7 Å². The molecule has 0 spiro atoms. The molecule has 1 saturated heterocycles. The molecule has 2 aromatic rings. The van der Waals surface area contributed by atoms with Gasteiger partial charge in [-0.1, -0.05) is 36.4 Å². The predicted molar refractivity (Wildman–Crippen MR) is 137 cm³/mol. The van der Waals surface area contributed by atoms with Crippen LogP contribution in [0.1, 0.15) is 18.7 Å². The fourth-order valence-electron chi connectivity index (χ4n) is 3.88. The second kappa shape index (κ2) is 12.7. The van der Waals surface area contributed by atoms with Crippen molar-refractivity contribution in [2.45, 2.75) is 50.4 Å². The molecule has 16 heteroatoms. The third-order valence-corrected chi connectivity index (χ3v) is 6.65. The summed E-state index contributed by atoms with van der Waals surface area (Å²) in [7, 11) is -4.76. The zero-order valence-corrected chi connectivity index (χ0v) is 22.1. The summed E-state index contributed by atoms with van der Waals surface area (Å²) >= 11 is 0. The number of aromatic nitrogens is 2. The number of aliphatic hydroxyl groups excluding tert-OH is 2. The summed E-state index contributed by atoms with van der Waals surface area (Å²) in [6, 6.07) is 9.90. The summed E-state index contributed by atoms with van der Waals surface area (Å²) in [6.07, 6.45) is -1.70. The van der Waals surface area contributed by atoms with Crippen molar-refractivity contribution in [3.05, 3.63) is 82.8 Å². The molecule has 0 saturated carbocycles. The van der Waals surface area contributed by atoms with Gasteiger partial charge in [0, 0.05) is 13.1 Å². The summed E-state index contributed by atoms with van der Waals surface area (Å²) in [6.45, 7) is 0.834. The number of phosphoric ester groups is 1. The van der Waals surface area contributed by atoms with Crippen molar-refractivity contribution in [1.82, 2.24) is 14.9 Å². The molecule has 6 N–H and O–H groups in total. The van der Waals surface area contributed by atoms with E-state index in [2.05, 4.69) is 10.3 Å². The summed E-state index contributed by atoms with van der Waals surface area (Å²) < 4.78 is 40.1. The van der Waals surface area contributed by atoms with Crippen LogP contribution in [0.5, 0.6) is 0 Å². The second-order valence-electron chi connectivity index (χ2n) is 8.85. The molecule has 1 amide bonds. The van der Waals surface area contributed by atoms with E-state index >= 15 is 0 Å². The van der Waals surface area contributed by atoms with Gasteiger partial charge in [0.1, 0.15) is 36.4 Å². The first-order valence-electron chi connectivity index (χ1n) is 12.0. The number of benzene rings is 1. The molecular formula is C24H29N4O11P. The molecule has 1 aromatic heterocycles. The number of ether oxygens (including phenoxy) is 3. The zero-order chi connectivity index (χ0) is 28.9. The summed E-state index contributed by atoms with van der Waals surface area (Å²) in [5.41, 5.74) is 5.49. The van der Waals surface area contributed by atoms with E-state index in [9.17, 15) is 29.3 Å². The van der Waals surface area contributed by atoms with Gasteiger partial charge in [0.05, 0.1) is 13.2 Å². The maximum Gasteiger partial charge on any atom is 0.527 e. The minimum absolute atomic E-state index is 0.000372. The minimum Gasteiger partial charge on any atom is -0.459 e. The molecule has 40 heavy (non-hydrogen) atoms. The average Bonchev–Trinajstić information content (AvgIpc) is 3.19. The molecule has 1 aromatic carbocycles. The van der Waals surface area contributed by atoms with Gasteiger partial charge in [0.2, 0.25) is 12.2 Å². The monoisotopic (exact) mass is 580 g/mol. The molecule has 1 unspecified atom stereocenters. The Bertz CT molecular complexity index is 1350. The van der Waals surface area contributed by atoms with Crippen molar-refractivity contribution in [3.63, 3.8) is 0 Å². The highest BCUT2D eigenvalue weighted by Crippen LogP contribution is 2.45. The van der Waals surface area contributed by atoms with Gasteiger partial charge in [-0.2, -0.15) is 4.98 Å². The van der Waals surface area contributed by atoms with Crippen LogP contribution in [0, 0.1) is 0 Å². The molecule has 4 rings (SSSR count). The number of phosphoric acid groups is 1. The number of nitrogens with one attached hydrogen (secondary N) is 1. The number of anilines is 1. The van der Waals surface area contributed by atoms with Crippen LogP contribution in [0.2, 0.25) is 0 Å². The fraction of sp³-hybridized carbons (Fsp3) is 0.375. The first kappa shape index (κ1) is 29.4. The van der Waals surface area contributed by atoms with Gasteiger partial charge in [-0.15, -0.1) is 0 Å². The molecule has 2 aliphatic rings. The van der Waals surface area contributed by atoms with Gasteiger partial charge >= 0.3 is 13.5 Å². The molecule has 216 valence electrons. The Morgan fingerprint density at radius 2 is 2.00 bits per heavy atom. The molecule has 15 nitrogen and oxygen atoms in total. The minimum atomic E-state index is -4.76. The number of carbonyl (C=O) groups excluding carboxylic acids is 1. The third kappa shape index (κ3) is 7.55. The fourth-order valence-corrected chi connectivity index (χ4v) is 4.51. The topological polar surface area (TPSA) is 214 Å². The molecule has 0 radical (unpaired) electrons. The van der Waals surface area contributed by atoms with Crippen molar-refractivity contribution in [2.75, 3.05) is 12.3 Å². The van der Waals surface area contributed by atoms with Crippen LogP contribution >= 0.6 is 7.82 Å². The molecule has 0 aliphatic carbocycles. The van der Waals surface area contributed by atoms with Gasteiger partial charge in [-0.25, -0.2) is 9.36 Å². The number of carbonyl (C=O) groups is 1. The van der Waals surface area contributed by atoms with Crippen LogP contribution in [-0.4, -0.2) is 67.8 Å². The maximum absolute atomic E-state index is 12.5. The summed E-state index contributed by atoms with van der Waals surface area (Å²) in [5.74, 6) is -0.358. The van der Waals surface area contributed by atoms with Gasteiger partial charge < -0.3 is 40.0 Å². The van der Waals surface area contributed by atoms with E-state index < -0.39 is 57.0 Å². The number of amides is 1. The average molecular weight is 580 g/mol. The maximum atomic E-state index is 12.5. The Balaban J connectivity index is 1.35. The lowest BCUT2D eigenvalue weighted by Crippen LogP contribution is -2.45. The van der Waals surface area contributed by atoms with Crippen LogP contribution in [0.3, 0.4) is 0 Å². The Morgan fingerprint density at radius 3 is 2.70 bits per heavy atom. The molecule has 2 aliphatic heterocycles. The van der Waals surface area contributed by atoms with E-state index in [1.165, 1.54) is 25.3 Å². The smallest absolute Gasteiger partial charge is 0.459 e. The van der Waals surface area contributed by atoms with E-state index in [1.54, 1.807) is 6.08 Å².